The number of aliphatic carboxylic acids is 1. The molecule has 3 aromatic rings. The Hall–Kier alpha value is -3.16. The maximum atomic E-state index is 13.2. The van der Waals surface area contributed by atoms with Gasteiger partial charge in [0.25, 0.3) is 0 Å². The summed E-state index contributed by atoms with van der Waals surface area (Å²) in [5.41, 5.74) is 7.51. The van der Waals surface area contributed by atoms with E-state index in [2.05, 4.69) is 0 Å². The number of nitrogens with two attached hydrogens (primary N) is 1. The summed E-state index contributed by atoms with van der Waals surface area (Å²) >= 11 is 2.50. The smallest absolute Gasteiger partial charge is 0.475 e. The number of carboxylic acid groups (broad SMARTS) is 1. The Morgan fingerprint density at radius 3 is 2.18 bits per heavy atom. The van der Waals surface area contributed by atoms with E-state index in [0.717, 1.165) is 11.8 Å². The van der Waals surface area contributed by atoms with Crippen LogP contribution in [0.1, 0.15) is 15.2 Å². The number of benzene rings is 2. The molecule has 0 radical (unpaired) electrons. The largest absolute Gasteiger partial charge is 0.490 e. The number of thiophene rings is 1. The predicted octanol–water partition coefficient (Wildman–Crippen LogP) is 4.70. The molecule has 1 aromatic heterocycles. The second kappa shape index (κ2) is 10.8. The maximum absolute atomic E-state index is 13.2. The van der Waals surface area contributed by atoms with Crippen LogP contribution >= 0.6 is 23.1 Å². The first-order valence-corrected chi connectivity index (χ1v) is 12.6. The van der Waals surface area contributed by atoms with E-state index in [1.165, 1.54) is 35.2 Å². The van der Waals surface area contributed by atoms with Gasteiger partial charge in [0.15, 0.2) is 0 Å². The highest BCUT2D eigenvalue weighted by atomic mass is 32.2. The third-order valence-electron chi connectivity index (χ3n) is 4.15. The second-order valence-electron chi connectivity index (χ2n) is 6.46. The van der Waals surface area contributed by atoms with Crippen molar-refractivity contribution in [1.29, 1.82) is 5.41 Å². The monoisotopic (exact) mass is 530 g/mol. The van der Waals surface area contributed by atoms with E-state index in [9.17, 15) is 26.4 Å². The van der Waals surface area contributed by atoms with Gasteiger partial charge >= 0.3 is 12.1 Å². The first-order valence-electron chi connectivity index (χ1n) is 9.04. The van der Waals surface area contributed by atoms with Crippen molar-refractivity contribution in [1.82, 2.24) is 0 Å². The third-order valence-corrected chi connectivity index (χ3v) is 8.49. The highest BCUT2D eigenvalue weighted by Crippen LogP contribution is 2.37. The number of halogens is 3. The molecule has 13 heteroatoms. The van der Waals surface area contributed by atoms with Crippen LogP contribution in [0, 0.1) is 5.41 Å². The highest BCUT2D eigenvalue weighted by Gasteiger charge is 2.38. The Morgan fingerprint density at radius 2 is 1.68 bits per heavy atom. The summed E-state index contributed by atoms with van der Waals surface area (Å²) in [4.78, 5) is 20.6. The van der Waals surface area contributed by atoms with Crippen molar-refractivity contribution < 1.29 is 36.3 Å². The van der Waals surface area contributed by atoms with Crippen LogP contribution in [0.5, 0.6) is 0 Å². The first kappa shape index (κ1) is 27.1. The number of amidine groups is 1. The van der Waals surface area contributed by atoms with Crippen molar-refractivity contribution in [2.75, 3.05) is 6.26 Å². The summed E-state index contributed by atoms with van der Waals surface area (Å²) in [5.74, 6) is -2.91. The summed E-state index contributed by atoms with van der Waals surface area (Å²) < 4.78 is 58.7. The molecule has 0 spiro atoms. The molecule has 2 aromatic carbocycles. The molecule has 3 rings (SSSR count). The topological polar surface area (TPSA) is 138 Å². The molecule has 1 heterocycles. The molecule has 7 nitrogen and oxygen atoms in total. The lowest BCUT2D eigenvalue weighted by atomic mass is 10.0. The van der Waals surface area contributed by atoms with Crippen LogP contribution in [0.3, 0.4) is 0 Å². The number of sulfone groups is 1. The van der Waals surface area contributed by atoms with Gasteiger partial charge in [-0.2, -0.15) is 13.2 Å². The average molecular weight is 531 g/mol. The number of aldehydes is 1. The Bertz CT molecular complexity index is 1340. The van der Waals surface area contributed by atoms with Crippen molar-refractivity contribution in [2.24, 2.45) is 5.73 Å². The van der Waals surface area contributed by atoms with Crippen LogP contribution < -0.4 is 5.73 Å². The predicted molar refractivity (Wildman–Crippen MR) is 124 cm³/mol. The zero-order valence-electron chi connectivity index (χ0n) is 17.3. The fourth-order valence-corrected chi connectivity index (χ4v) is 6.48. The Labute approximate surface area is 200 Å². The minimum Gasteiger partial charge on any atom is -0.475 e. The minimum absolute atomic E-state index is 0.153. The van der Waals surface area contributed by atoms with Crippen LogP contribution in [-0.4, -0.2) is 44.0 Å². The van der Waals surface area contributed by atoms with Crippen LogP contribution in [0.4, 0.5) is 13.2 Å². The van der Waals surface area contributed by atoms with Gasteiger partial charge < -0.3 is 10.8 Å². The molecule has 0 atom stereocenters. The molecule has 0 bridgehead atoms. The summed E-state index contributed by atoms with van der Waals surface area (Å²) in [6, 6.07) is 15.0. The first-order chi connectivity index (χ1) is 15.8. The van der Waals surface area contributed by atoms with E-state index in [-0.39, 0.29) is 15.6 Å². The molecular formula is C21H17F3N2O5S3. The standard InChI is InChI=1S/C19H16N2O3S3.C2HF3O2/c1-25-19-17(10-16(26-19)18(20)21)27(23,24)15-7-3-6-14(9-15)13-5-2-4-12(8-13)11-22;3-2(4,5)1(6)7/h2-11H,1H3,(H3,20,21);(H,6,7). The number of nitrogen functional groups attached to an aromatic ring is 1. The van der Waals surface area contributed by atoms with Crippen LogP contribution in [0.15, 0.2) is 68.6 Å². The molecular weight excluding hydrogens is 513 g/mol. The van der Waals surface area contributed by atoms with Gasteiger partial charge in [-0.15, -0.1) is 23.1 Å². The van der Waals surface area contributed by atoms with E-state index < -0.39 is 22.0 Å². The lowest BCUT2D eigenvalue weighted by Crippen LogP contribution is -2.21. The summed E-state index contributed by atoms with van der Waals surface area (Å²) in [5, 5.41) is 14.7. The fourth-order valence-electron chi connectivity index (χ4n) is 2.58. The molecule has 0 amide bonds. The second-order valence-corrected chi connectivity index (χ2v) is 10.5. The lowest BCUT2D eigenvalue weighted by molar-refractivity contribution is -0.192. The van der Waals surface area contributed by atoms with Gasteiger partial charge in [0, 0.05) is 5.56 Å². The van der Waals surface area contributed by atoms with E-state index in [1.807, 2.05) is 6.07 Å². The number of alkyl halides is 3. The summed E-state index contributed by atoms with van der Waals surface area (Å²) in [6.07, 6.45) is -2.54. The molecule has 0 fully saturated rings. The summed E-state index contributed by atoms with van der Waals surface area (Å²) in [6.45, 7) is 0. The van der Waals surface area contributed by atoms with Gasteiger partial charge in [-0.05, 0) is 41.6 Å². The average Bonchev–Trinajstić information content (AvgIpc) is 3.25. The van der Waals surface area contributed by atoms with Gasteiger partial charge in [0.05, 0.1) is 18.9 Å². The number of hydrogen-bond acceptors (Lipinski definition) is 7. The van der Waals surface area contributed by atoms with Gasteiger partial charge in [-0.1, -0.05) is 30.3 Å². The van der Waals surface area contributed by atoms with Crippen LogP contribution in [0.25, 0.3) is 11.1 Å². The van der Waals surface area contributed by atoms with Crippen molar-refractivity contribution in [3.63, 3.8) is 0 Å². The molecule has 0 aliphatic heterocycles. The molecule has 34 heavy (non-hydrogen) atoms. The number of hydrogen-bond donors (Lipinski definition) is 3. The van der Waals surface area contributed by atoms with Gasteiger partial charge in [-0.3, -0.25) is 10.2 Å². The van der Waals surface area contributed by atoms with E-state index in [1.54, 1.807) is 42.7 Å². The Kier molecular flexibility index (Phi) is 8.64. The van der Waals surface area contributed by atoms with E-state index in [4.69, 9.17) is 21.0 Å². The number of carbonyl (C=O) groups excluding carboxylic acids is 1. The van der Waals surface area contributed by atoms with E-state index >= 15 is 0 Å². The molecule has 0 saturated carbocycles. The van der Waals surface area contributed by atoms with Crippen LogP contribution in [-0.2, 0) is 14.6 Å². The number of rotatable bonds is 6. The molecule has 0 aliphatic rings. The van der Waals surface area contributed by atoms with Crippen molar-refractivity contribution in [3.05, 3.63) is 65.0 Å². The molecule has 180 valence electrons. The fraction of sp³-hybridized carbons (Fsp3) is 0.0952. The van der Waals surface area contributed by atoms with Crippen LogP contribution in [0.2, 0.25) is 0 Å². The maximum Gasteiger partial charge on any atom is 0.490 e. The number of thioether (sulfide) groups is 1. The van der Waals surface area contributed by atoms with Crippen molar-refractivity contribution >= 4 is 51.0 Å². The number of carbonyl (C=O) groups is 2. The van der Waals surface area contributed by atoms with E-state index in [0.29, 0.717) is 20.2 Å². The van der Waals surface area contributed by atoms with Gasteiger partial charge in [-0.25, -0.2) is 13.2 Å². The van der Waals surface area contributed by atoms with Gasteiger partial charge in [0.2, 0.25) is 9.84 Å². The number of carboxylic acids is 1. The normalized spacial score (nSPS) is 11.3. The molecule has 0 unspecified atom stereocenters. The molecule has 0 aliphatic carbocycles. The molecule has 0 saturated heterocycles. The zero-order chi connectivity index (χ0) is 25.7. The minimum atomic E-state index is -5.08. The highest BCUT2D eigenvalue weighted by molar-refractivity contribution is 8.01. The Morgan fingerprint density at radius 1 is 1.12 bits per heavy atom. The Balaban J connectivity index is 0.000000509. The van der Waals surface area contributed by atoms with Gasteiger partial charge in [0.1, 0.15) is 12.1 Å². The lowest BCUT2D eigenvalue weighted by Gasteiger charge is -2.08. The number of nitrogens with one attached hydrogen (secondary N) is 1. The van der Waals surface area contributed by atoms with Crippen molar-refractivity contribution in [2.45, 2.75) is 20.2 Å². The zero-order valence-corrected chi connectivity index (χ0v) is 19.7. The quantitative estimate of drug-likeness (QED) is 0.182. The third kappa shape index (κ3) is 6.46. The SMILES string of the molecule is CSc1sc(C(=N)N)cc1S(=O)(=O)c1cccc(-c2cccc(C=O)c2)c1.O=C(O)C(F)(F)F. The molecule has 4 N–H and O–H groups in total. The van der Waals surface area contributed by atoms with Crippen molar-refractivity contribution in [3.8, 4) is 11.1 Å². The summed E-state index contributed by atoms with van der Waals surface area (Å²) in [7, 11) is -3.77.